The summed E-state index contributed by atoms with van der Waals surface area (Å²) in [5.74, 6) is 2.19. The second kappa shape index (κ2) is 7.78. The number of aliphatic hydroxyl groups excluding tert-OH is 1. The molecule has 6 nitrogen and oxygen atoms in total. The van der Waals surface area contributed by atoms with Crippen molar-refractivity contribution in [3.05, 3.63) is 35.7 Å². The predicted octanol–water partition coefficient (Wildman–Crippen LogP) is 2.88. The Balaban J connectivity index is 1.58. The molecule has 25 heavy (non-hydrogen) atoms. The number of carbonyl (C=O) groups excluding carboxylic acids is 1. The Hall–Kier alpha value is -2.21. The average molecular weight is 342 g/mol. The smallest absolute Gasteiger partial charge is 0.251 e. The lowest BCUT2D eigenvalue weighted by atomic mass is 9.96. The van der Waals surface area contributed by atoms with Crippen LogP contribution in [0.15, 0.2) is 24.3 Å². The molecule has 0 saturated heterocycles. The van der Waals surface area contributed by atoms with Crippen molar-refractivity contribution < 1.29 is 9.90 Å². The predicted molar refractivity (Wildman–Crippen MR) is 96.2 cm³/mol. The van der Waals surface area contributed by atoms with Gasteiger partial charge in [-0.05, 0) is 30.9 Å². The van der Waals surface area contributed by atoms with Crippen LogP contribution in [0.1, 0.15) is 61.6 Å². The van der Waals surface area contributed by atoms with Crippen molar-refractivity contribution in [3.63, 3.8) is 0 Å². The number of H-pyrrole nitrogens is 1. The van der Waals surface area contributed by atoms with Crippen LogP contribution in [-0.4, -0.2) is 38.8 Å². The first-order valence-electron chi connectivity index (χ1n) is 9.11. The van der Waals surface area contributed by atoms with Crippen LogP contribution in [0.2, 0.25) is 0 Å². The van der Waals surface area contributed by atoms with Gasteiger partial charge in [-0.25, -0.2) is 4.98 Å². The van der Waals surface area contributed by atoms with Crippen molar-refractivity contribution in [1.29, 1.82) is 0 Å². The molecule has 0 radical (unpaired) electrons. The third-order valence-corrected chi connectivity index (χ3v) is 4.94. The molecular weight excluding hydrogens is 316 g/mol. The third kappa shape index (κ3) is 4.25. The number of aliphatic hydroxyl groups is 1. The van der Waals surface area contributed by atoms with Crippen LogP contribution in [0, 0.1) is 5.92 Å². The van der Waals surface area contributed by atoms with Crippen LogP contribution in [0.3, 0.4) is 0 Å². The summed E-state index contributed by atoms with van der Waals surface area (Å²) in [7, 11) is 0. The zero-order valence-electron chi connectivity index (χ0n) is 14.8. The topological polar surface area (TPSA) is 90.9 Å². The van der Waals surface area contributed by atoms with E-state index in [1.165, 1.54) is 12.8 Å². The molecule has 3 N–H and O–H groups in total. The highest BCUT2D eigenvalue weighted by atomic mass is 16.3. The molecule has 1 aliphatic carbocycles. The molecule has 1 amide bonds. The van der Waals surface area contributed by atoms with E-state index in [0.29, 0.717) is 17.3 Å². The van der Waals surface area contributed by atoms with E-state index in [0.717, 1.165) is 24.2 Å². The fourth-order valence-corrected chi connectivity index (χ4v) is 3.01. The van der Waals surface area contributed by atoms with Gasteiger partial charge in [-0.15, -0.1) is 0 Å². The lowest BCUT2D eigenvalue weighted by Gasteiger charge is -2.20. The van der Waals surface area contributed by atoms with E-state index in [4.69, 9.17) is 0 Å². The summed E-state index contributed by atoms with van der Waals surface area (Å²) in [5.41, 5.74) is 1.45. The zero-order chi connectivity index (χ0) is 17.8. The molecule has 1 aromatic heterocycles. The largest absolute Gasteiger partial charge is 0.391 e. The summed E-state index contributed by atoms with van der Waals surface area (Å²) in [6, 6.07) is 7.24. The zero-order valence-corrected chi connectivity index (χ0v) is 14.8. The van der Waals surface area contributed by atoms with Gasteiger partial charge in [0.05, 0.1) is 6.10 Å². The summed E-state index contributed by atoms with van der Waals surface area (Å²) >= 11 is 0. The lowest BCUT2D eigenvalue weighted by Crippen LogP contribution is -2.36. The van der Waals surface area contributed by atoms with Crippen LogP contribution in [-0.2, 0) is 0 Å². The molecule has 6 heteroatoms. The molecule has 0 aliphatic heterocycles. The fourth-order valence-electron chi connectivity index (χ4n) is 3.01. The molecule has 1 saturated carbocycles. The van der Waals surface area contributed by atoms with Crippen LogP contribution in [0.5, 0.6) is 0 Å². The quantitative estimate of drug-likeness (QED) is 0.688. The van der Waals surface area contributed by atoms with Gasteiger partial charge in [-0.2, -0.15) is 5.10 Å². The first kappa shape index (κ1) is 17.6. The molecule has 1 aromatic carbocycles. The highest BCUT2D eigenvalue weighted by Gasteiger charge is 2.27. The van der Waals surface area contributed by atoms with Crippen LogP contribution in [0.25, 0.3) is 11.4 Å². The Labute approximate surface area is 148 Å². The average Bonchev–Trinajstić information content (AvgIpc) is 3.38. The molecule has 1 unspecified atom stereocenters. The van der Waals surface area contributed by atoms with E-state index in [1.54, 1.807) is 12.1 Å². The summed E-state index contributed by atoms with van der Waals surface area (Å²) in [6.07, 6.45) is 3.66. The van der Waals surface area contributed by atoms with Gasteiger partial charge in [0, 0.05) is 23.6 Å². The minimum absolute atomic E-state index is 0.176. The highest BCUT2D eigenvalue weighted by molar-refractivity contribution is 5.94. The Bertz CT molecular complexity index is 702. The number of hydrogen-bond acceptors (Lipinski definition) is 4. The highest BCUT2D eigenvalue weighted by Crippen LogP contribution is 2.38. The summed E-state index contributed by atoms with van der Waals surface area (Å²) < 4.78 is 0. The van der Waals surface area contributed by atoms with Crippen molar-refractivity contribution in [1.82, 2.24) is 20.5 Å². The van der Waals surface area contributed by atoms with Crippen molar-refractivity contribution >= 4 is 5.91 Å². The van der Waals surface area contributed by atoms with E-state index in [9.17, 15) is 9.90 Å². The van der Waals surface area contributed by atoms with Gasteiger partial charge in [0.25, 0.3) is 5.91 Å². The maximum absolute atomic E-state index is 12.2. The normalized spacial score (nSPS) is 15.4. The maximum atomic E-state index is 12.2. The van der Waals surface area contributed by atoms with Crippen LogP contribution in [0.4, 0.5) is 0 Å². The van der Waals surface area contributed by atoms with Gasteiger partial charge >= 0.3 is 0 Å². The van der Waals surface area contributed by atoms with Crippen molar-refractivity contribution in [2.45, 2.75) is 51.6 Å². The number of aromatic amines is 1. The van der Waals surface area contributed by atoms with Gasteiger partial charge in [-0.1, -0.05) is 38.8 Å². The number of amides is 1. The molecule has 1 fully saturated rings. The number of rotatable bonds is 8. The number of nitrogens with one attached hydrogen (secondary N) is 2. The van der Waals surface area contributed by atoms with Gasteiger partial charge in [0.1, 0.15) is 5.82 Å². The minimum atomic E-state index is -0.507. The Morgan fingerprint density at radius 2 is 1.96 bits per heavy atom. The molecule has 0 spiro atoms. The Kier molecular flexibility index (Phi) is 5.48. The van der Waals surface area contributed by atoms with E-state index >= 15 is 0 Å². The van der Waals surface area contributed by atoms with Crippen LogP contribution < -0.4 is 5.32 Å². The molecule has 2 aromatic rings. The second-order valence-electron chi connectivity index (χ2n) is 6.75. The van der Waals surface area contributed by atoms with E-state index < -0.39 is 6.10 Å². The molecule has 1 heterocycles. The fraction of sp³-hybridized carbons (Fsp3) is 0.526. The maximum Gasteiger partial charge on any atom is 0.251 e. The summed E-state index contributed by atoms with van der Waals surface area (Å²) in [5, 5.41) is 20.2. The van der Waals surface area contributed by atoms with Crippen molar-refractivity contribution in [2.75, 3.05) is 6.54 Å². The van der Waals surface area contributed by atoms with Crippen molar-refractivity contribution in [2.24, 2.45) is 5.92 Å². The monoisotopic (exact) mass is 342 g/mol. The van der Waals surface area contributed by atoms with Gasteiger partial charge in [0.2, 0.25) is 0 Å². The van der Waals surface area contributed by atoms with E-state index in [-0.39, 0.29) is 18.4 Å². The molecule has 1 aliphatic rings. The lowest BCUT2D eigenvalue weighted by molar-refractivity contribution is 0.0816. The van der Waals surface area contributed by atoms with Crippen molar-refractivity contribution in [3.8, 4) is 11.4 Å². The SMILES string of the molecule is CCC(CC)C(O)CNC(=O)c1ccc(-c2n[nH]c(C3CC3)n2)cc1. The first-order chi connectivity index (χ1) is 12.1. The Morgan fingerprint density at radius 3 is 2.56 bits per heavy atom. The molecule has 0 bridgehead atoms. The standard InChI is InChI=1S/C19H26N4O2/c1-3-12(4-2)16(24)11-20-19(25)15-9-7-14(8-10-15)18-21-17(22-23-18)13-5-6-13/h7-10,12-13,16,24H,3-6,11H2,1-2H3,(H,20,25)(H,21,22,23). The molecule has 1 atom stereocenters. The summed E-state index contributed by atoms with van der Waals surface area (Å²) in [4.78, 5) is 16.8. The molecule has 3 rings (SSSR count). The molecular formula is C19H26N4O2. The number of carbonyl (C=O) groups is 1. The molecule has 134 valence electrons. The Morgan fingerprint density at radius 1 is 1.28 bits per heavy atom. The summed E-state index contributed by atoms with van der Waals surface area (Å²) in [6.45, 7) is 4.38. The van der Waals surface area contributed by atoms with E-state index in [2.05, 4.69) is 34.3 Å². The van der Waals surface area contributed by atoms with Crippen LogP contribution >= 0.6 is 0 Å². The number of benzene rings is 1. The van der Waals surface area contributed by atoms with Gasteiger partial charge < -0.3 is 10.4 Å². The minimum Gasteiger partial charge on any atom is -0.391 e. The third-order valence-electron chi connectivity index (χ3n) is 4.94. The number of hydrogen-bond donors (Lipinski definition) is 3. The van der Waals surface area contributed by atoms with Gasteiger partial charge in [-0.3, -0.25) is 9.89 Å². The van der Waals surface area contributed by atoms with E-state index in [1.807, 2.05) is 12.1 Å². The van der Waals surface area contributed by atoms with Gasteiger partial charge in [0.15, 0.2) is 5.82 Å². The second-order valence-corrected chi connectivity index (χ2v) is 6.75. The number of nitrogens with zero attached hydrogens (tertiary/aromatic N) is 2. The first-order valence-corrected chi connectivity index (χ1v) is 9.11. The number of aromatic nitrogens is 3.